The Bertz CT molecular complexity index is 585. The highest BCUT2D eigenvalue weighted by molar-refractivity contribution is 9.10. The van der Waals surface area contributed by atoms with Crippen LogP contribution in [-0.2, 0) is 0 Å². The van der Waals surface area contributed by atoms with Gasteiger partial charge in [0, 0.05) is 16.1 Å². The van der Waals surface area contributed by atoms with Crippen LogP contribution in [-0.4, -0.2) is 16.2 Å². The van der Waals surface area contributed by atoms with Gasteiger partial charge in [0.05, 0.1) is 5.92 Å². The Morgan fingerprint density at radius 2 is 1.95 bits per heavy atom. The van der Waals surface area contributed by atoms with Crippen molar-refractivity contribution < 1.29 is 4.52 Å². The molecule has 0 aliphatic heterocycles. The maximum atomic E-state index is 6.03. The normalized spacial score (nSPS) is 14.6. The van der Waals surface area contributed by atoms with Crippen LogP contribution < -0.4 is 5.73 Å². The smallest absolute Gasteiger partial charge is 0.231 e. The number of aryl methyl sites for hydroxylation is 1. The second-order valence-corrected chi connectivity index (χ2v) is 6.40. The lowest BCUT2D eigenvalue weighted by Gasteiger charge is -2.20. The lowest BCUT2D eigenvalue weighted by atomic mass is 9.90. The predicted molar refractivity (Wildman–Crippen MR) is 83.4 cm³/mol. The molecular formula is C15H20BrN3O. The molecule has 1 aromatic carbocycles. The summed E-state index contributed by atoms with van der Waals surface area (Å²) in [5, 5.41) is 4.08. The van der Waals surface area contributed by atoms with Crippen LogP contribution in [0.4, 0.5) is 0 Å². The summed E-state index contributed by atoms with van der Waals surface area (Å²) in [6.45, 7) is 8.23. The summed E-state index contributed by atoms with van der Waals surface area (Å²) in [6.07, 6.45) is 0. The average Bonchev–Trinajstić information content (AvgIpc) is 2.81. The molecule has 4 nitrogen and oxygen atoms in total. The monoisotopic (exact) mass is 337 g/mol. The van der Waals surface area contributed by atoms with Crippen molar-refractivity contribution in [3.05, 3.63) is 34.1 Å². The molecule has 20 heavy (non-hydrogen) atoms. The lowest BCUT2D eigenvalue weighted by Crippen LogP contribution is -2.28. The van der Waals surface area contributed by atoms with Crippen molar-refractivity contribution in [3.8, 4) is 11.4 Å². The highest BCUT2D eigenvalue weighted by atomic mass is 79.9. The first-order chi connectivity index (χ1) is 9.40. The van der Waals surface area contributed by atoms with Gasteiger partial charge < -0.3 is 10.3 Å². The Morgan fingerprint density at radius 1 is 1.25 bits per heavy atom. The van der Waals surface area contributed by atoms with Crippen LogP contribution in [0.5, 0.6) is 0 Å². The average molecular weight is 338 g/mol. The number of rotatable bonds is 4. The number of benzene rings is 1. The van der Waals surface area contributed by atoms with Gasteiger partial charge in [-0.1, -0.05) is 47.1 Å². The fourth-order valence-electron chi connectivity index (χ4n) is 2.34. The van der Waals surface area contributed by atoms with Gasteiger partial charge in [0.1, 0.15) is 0 Å². The van der Waals surface area contributed by atoms with Crippen molar-refractivity contribution >= 4 is 15.9 Å². The summed E-state index contributed by atoms with van der Waals surface area (Å²) in [5.41, 5.74) is 8.14. The van der Waals surface area contributed by atoms with E-state index in [4.69, 9.17) is 10.3 Å². The molecule has 2 atom stereocenters. The van der Waals surface area contributed by atoms with Crippen molar-refractivity contribution in [2.24, 2.45) is 11.7 Å². The topological polar surface area (TPSA) is 64.9 Å². The number of hydrogen-bond donors (Lipinski definition) is 1. The molecule has 0 fully saturated rings. The van der Waals surface area contributed by atoms with Gasteiger partial charge in [0.2, 0.25) is 11.7 Å². The second-order valence-electron chi connectivity index (χ2n) is 5.55. The molecule has 0 aliphatic rings. The van der Waals surface area contributed by atoms with E-state index in [0.717, 1.165) is 10.0 Å². The summed E-state index contributed by atoms with van der Waals surface area (Å²) >= 11 is 3.52. The molecular weight excluding hydrogens is 318 g/mol. The summed E-state index contributed by atoms with van der Waals surface area (Å²) in [4.78, 5) is 4.52. The molecule has 0 saturated heterocycles. The van der Waals surface area contributed by atoms with E-state index in [2.05, 4.69) is 39.9 Å². The predicted octanol–water partition coefficient (Wildman–Crippen LogP) is 3.89. The van der Waals surface area contributed by atoms with Crippen molar-refractivity contribution in [1.29, 1.82) is 0 Å². The standard InChI is InChI=1S/C15H20BrN3O/c1-8(2)13(10(4)17)15-18-14(19-20-15)11-6-5-9(3)12(16)7-11/h5-8,10,13H,17H2,1-4H3. The lowest BCUT2D eigenvalue weighted by molar-refractivity contribution is 0.300. The molecule has 0 radical (unpaired) electrons. The van der Waals surface area contributed by atoms with E-state index < -0.39 is 0 Å². The van der Waals surface area contributed by atoms with Crippen molar-refractivity contribution in [2.45, 2.75) is 39.7 Å². The third kappa shape index (κ3) is 3.10. The Kier molecular flexibility index (Phi) is 4.60. The Morgan fingerprint density at radius 3 is 2.50 bits per heavy atom. The number of hydrogen-bond acceptors (Lipinski definition) is 4. The largest absolute Gasteiger partial charge is 0.339 e. The molecule has 2 unspecified atom stereocenters. The molecule has 0 aliphatic carbocycles. The van der Waals surface area contributed by atoms with Crippen LogP contribution in [0.3, 0.4) is 0 Å². The highest BCUT2D eigenvalue weighted by Crippen LogP contribution is 2.29. The maximum Gasteiger partial charge on any atom is 0.231 e. The quantitative estimate of drug-likeness (QED) is 0.918. The molecule has 0 amide bonds. The molecule has 1 aromatic heterocycles. The fraction of sp³-hybridized carbons (Fsp3) is 0.467. The summed E-state index contributed by atoms with van der Waals surface area (Å²) < 4.78 is 6.45. The minimum atomic E-state index is -0.0203. The van der Waals surface area contributed by atoms with Crippen LogP contribution in [0, 0.1) is 12.8 Å². The van der Waals surface area contributed by atoms with Gasteiger partial charge in [-0.15, -0.1) is 0 Å². The van der Waals surface area contributed by atoms with Crippen LogP contribution in [0.1, 0.15) is 38.1 Å². The summed E-state index contributed by atoms with van der Waals surface area (Å²) in [5.74, 6) is 1.65. The van der Waals surface area contributed by atoms with Crippen molar-refractivity contribution in [1.82, 2.24) is 10.1 Å². The third-order valence-corrected chi connectivity index (χ3v) is 4.30. The van der Waals surface area contributed by atoms with Crippen molar-refractivity contribution in [3.63, 3.8) is 0 Å². The first-order valence-corrected chi connectivity index (χ1v) is 7.55. The zero-order valence-corrected chi connectivity index (χ0v) is 13.8. The van der Waals surface area contributed by atoms with Gasteiger partial charge in [-0.2, -0.15) is 4.98 Å². The van der Waals surface area contributed by atoms with Crippen molar-refractivity contribution in [2.75, 3.05) is 0 Å². The molecule has 2 rings (SSSR count). The molecule has 108 valence electrons. The van der Waals surface area contributed by atoms with Crippen LogP contribution in [0.2, 0.25) is 0 Å². The van der Waals surface area contributed by atoms with E-state index in [9.17, 15) is 0 Å². The van der Waals surface area contributed by atoms with E-state index in [0.29, 0.717) is 17.6 Å². The first-order valence-electron chi connectivity index (χ1n) is 6.76. The Balaban J connectivity index is 2.34. The molecule has 2 N–H and O–H groups in total. The highest BCUT2D eigenvalue weighted by Gasteiger charge is 2.26. The van der Waals surface area contributed by atoms with Gasteiger partial charge in [-0.05, 0) is 31.4 Å². The van der Waals surface area contributed by atoms with Gasteiger partial charge in [-0.25, -0.2) is 0 Å². The summed E-state index contributed by atoms with van der Waals surface area (Å²) in [7, 11) is 0. The molecule has 0 spiro atoms. The maximum absolute atomic E-state index is 6.03. The molecule has 5 heteroatoms. The number of halogens is 1. The Labute approximate surface area is 127 Å². The van der Waals surface area contributed by atoms with E-state index in [1.54, 1.807) is 0 Å². The summed E-state index contributed by atoms with van der Waals surface area (Å²) in [6, 6.07) is 6.00. The first kappa shape index (κ1) is 15.2. The van der Waals surface area contributed by atoms with E-state index in [-0.39, 0.29) is 12.0 Å². The van der Waals surface area contributed by atoms with Crippen LogP contribution in [0.25, 0.3) is 11.4 Å². The fourth-order valence-corrected chi connectivity index (χ4v) is 2.72. The van der Waals surface area contributed by atoms with E-state index >= 15 is 0 Å². The zero-order chi connectivity index (χ0) is 14.9. The van der Waals surface area contributed by atoms with Gasteiger partial charge in [0.15, 0.2) is 0 Å². The third-order valence-electron chi connectivity index (χ3n) is 3.44. The number of nitrogens with zero attached hydrogens (tertiary/aromatic N) is 2. The molecule has 0 saturated carbocycles. The van der Waals surface area contributed by atoms with Crippen LogP contribution >= 0.6 is 15.9 Å². The van der Waals surface area contributed by atoms with Gasteiger partial charge in [-0.3, -0.25) is 0 Å². The molecule has 2 aromatic rings. The minimum Gasteiger partial charge on any atom is -0.339 e. The SMILES string of the molecule is Cc1ccc(-c2noc(C(C(C)C)C(C)N)n2)cc1Br. The number of nitrogens with two attached hydrogens (primary N) is 1. The Hall–Kier alpha value is -1.20. The second kappa shape index (κ2) is 6.06. The van der Waals surface area contributed by atoms with Crippen LogP contribution in [0.15, 0.2) is 27.2 Å². The number of aromatic nitrogens is 2. The van der Waals surface area contributed by atoms with E-state index in [1.165, 1.54) is 5.56 Å². The van der Waals surface area contributed by atoms with Gasteiger partial charge >= 0.3 is 0 Å². The molecule has 1 heterocycles. The zero-order valence-electron chi connectivity index (χ0n) is 12.2. The molecule has 0 bridgehead atoms. The minimum absolute atomic E-state index is 0.0203. The van der Waals surface area contributed by atoms with E-state index in [1.807, 2.05) is 32.0 Å². The van der Waals surface area contributed by atoms with Gasteiger partial charge in [0.25, 0.3) is 0 Å².